The predicted octanol–water partition coefficient (Wildman–Crippen LogP) is 3.26. The van der Waals surface area contributed by atoms with Gasteiger partial charge in [0.25, 0.3) is 11.6 Å². The summed E-state index contributed by atoms with van der Waals surface area (Å²) in [6.07, 6.45) is 0. The molecule has 2 N–H and O–H groups in total. The maximum absolute atomic E-state index is 12.3. The number of nitro groups is 1. The molecule has 26 heavy (non-hydrogen) atoms. The number of nitro benzene ring substituents is 1. The van der Waals surface area contributed by atoms with Gasteiger partial charge in [-0.2, -0.15) is 4.98 Å². The van der Waals surface area contributed by atoms with E-state index in [2.05, 4.69) is 15.6 Å². The van der Waals surface area contributed by atoms with E-state index in [0.717, 1.165) is 0 Å². The van der Waals surface area contributed by atoms with Gasteiger partial charge in [0, 0.05) is 35.9 Å². The Kier molecular flexibility index (Phi) is 4.36. The summed E-state index contributed by atoms with van der Waals surface area (Å²) in [5.41, 5.74) is 2.01. The largest absolute Gasteiger partial charge is 0.423 e. The maximum atomic E-state index is 12.3. The summed E-state index contributed by atoms with van der Waals surface area (Å²) in [6, 6.07) is 8.95. The number of benzene rings is 2. The van der Waals surface area contributed by atoms with Crippen molar-refractivity contribution >= 4 is 40.3 Å². The van der Waals surface area contributed by atoms with Crippen LogP contribution in [0.4, 0.5) is 17.4 Å². The van der Waals surface area contributed by atoms with Crippen molar-refractivity contribution in [2.75, 3.05) is 10.6 Å². The zero-order chi connectivity index (χ0) is 18.8. The first-order valence-electron chi connectivity index (χ1n) is 7.58. The topological polar surface area (TPSA) is 127 Å². The van der Waals surface area contributed by atoms with E-state index in [9.17, 15) is 19.7 Å². The lowest BCUT2D eigenvalue weighted by Gasteiger charge is -2.02. The van der Waals surface area contributed by atoms with Crippen LogP contribution < -0.4 is 10.6 Å². The van der Waals surface area contributed by atoms with Gasteiger partial charge in [-0.05, 0) is 31.2 Å². The minimum atomic E-state index is -0.509. The van der Waals surface area contributed by atoms with E-state index < -0.39 is 10.8 Å². The van der Waals surface area contributed by atoms with Gasteiger partial charge in [0.15, 0.2) is 5.58 Å². The van der Waals surface area contributed by atoms with Gasteiger partial charge in [0.2, 0.25) is 5.91 Å². The Morgan fingerprint density at radius 1 is 1.15 bits per heavy atom. The van der Waals surface area contributed by atoms with Gasteiger partial charge >= 0.3 is 6.01 Å². The predicted molar refractivity (Wildman–Crippen MR) is 94.1 cm³/mol. The number of carbonyl (C=O) groups is 2. The quantitative estimate of drug-likeness (QED) is 0.547. The molecule has 0 aliphatic carbocycles. The van der Waals surface area contributed by atoms with Gasteiger partial charge in [-0.15, -0.1) is 0 Å². The number of nitrogens with one attached hydrogen (secondary N) is 2. The number of nitrogens with zero attached hydrogens (tertiary/aromatic N) is 2. The number of hydrogen-bond acceptors (Lipinski definition) is 6. The number of aryl methyl sites for hydroxylation is 1. The summed E-state index contributed by atoms with van der Waals surface area (Å²) in [6.45, 7) is 2.94. The molecule has 0 saturated carbocycles. The number of rotatable bonds is 4. The van der Waals surface area contributed by atoms with Crippen LogP contribution in [-0.4, -0.2) is 21.7 Å². The molecule has 132 valence electrons. The van der Waals surface area contributed by atoms with Gasteiger partial charge in [0.1, 0.15) is 5.52 Å². The van der Waals surface area contributed by atoms with Crippen LogP contribution in [0.3, 0.4) is 0 Å². The molecule has 9 heteroatoms. The Balaban J connectivity index is 1.82. The van der Waals surface area contributed by atoms with Crippen molar-refractivity contribution in [3.8, 4) is 0 Å². The monoisotopic (exact) mass is 354 g/mol. The highest BCUT2D eigenvalue weighted by Crippen LogP contribution is 2.24. The zero-order valence-corrected chi connectivity index (χ0v) is 13.9. The number of carbonyl (C=O) groups excluding carboxylic acids is 2. The Bertz CT molecular complexity index is 1040. The van der Waals surface area contributed by atoms with Crippen molar-refractivity contribution < 1.29 is 18.9 Å². The molecule has 0 aliphatic rings. The first-order valence-corrected chi connectivity index (χ1v) is 7.58. The normalized spacial score (nSPS) is 10.5. The second-order valence-electron chi connectivity index (χ2n) is 5.60. The Morgan fingerprint density at radius 3 is 2.58 bits per heavy atom. The van der Waals surface area contributed by atoms with E-state index in [1.807, 2.05) is 0 Å². The number of aromatic nitrogens is 1. The van der Waals surface area contributed by atoms with Crippen molar-refractivity contribution in [3.63, 3.8) is 0 Å². The van der Waals surface area contributed by atoms with Crippen LogP contribution in [0.1, 0.15) is 22.8 Å². The number of oxazole rings is 1. The summed E-state index contributed by atoms with van der Waals surface area (Å²) in [7, 11) is 0. The lowest BCUT2D eigenvalue weighted by Crippen LogP contribution is -2.12. The van der Waals surface area contributed by atoms with Crippen LogP contribution in [0.5, 0.6) is 0 Å². The highest BCUT2D eigenvalue weighted by Gasteiger charge is 2.16. The third-order valence-corrected chi connectivity index (χ3v) is 3.58. The van der Waals surface area contributed by atoms with Gasteiger partial charge in [-0.3, -0.25) is 25.0 Å². The molecule has 3 rings (SSSR count). The molecule has 9 nitrogen and oxygen atoms in total. The molecule has 0 spiro atoms. The van der Waals surface area contributed by atoms with Crippen molar-refractivity contribution in [1.82, 2.24) is 4.98 Å². The van der Waals surface area contributed by atoms with E-state index in [4.69, 9.17) is 4.42 Å². The van der Waals surface area contributed by atoms with Crippen LogP contribution in [0.15, 0.2) is 40.8 Å². The zero-order valence-electron chi connectivity index (χ0n) is 13.9. The van der Waals surface area contributed by atoms with Crippen LogP contribution in [0.25, 0.3) is 11.1 Å². The van der Waals surface area contributed by atoms with Crippen LogP contribution in [0, 0.1) is 17.0 Å². The molecular formula is C17H14N4O5. The third-order valence-electron chi connectivity index (χ3n) is 3.58. The second kappa shape index (κ2) is 6.63. The average molecular weight is 354 g/mol. The third kappa shape index (κ3) is 3.51. The minimum Gasteiger partial charge on any atom is -0.423 e. The first-order chi connectivity index (χ1) is 12.3. The van der Waals surface area contributed by atoms with Gasteiger partial charge in [-0.25, -0.2) is 0 Å². The van der Waals surface area contributed by atoms with Gasteiger partial charge in [-0.1, -0.05) is 0 Å². The van der Waals surface area contributed by atoms with Crippen molar-refractivity contribution in [1.29, 1.82) is 0 Å². The number of amides is 2. The molecule has 0 atom stereocenters. The lowest BCUT2D eigenvalue weighted by molar-refractivity contribution is -0.385. The van der Waals surface area contributed by atoms with Crippen LogP contribution in [-0.2, 0) is 4.79 Å². The Labute approximate surface area is 147 Å². The smallest absolute Gasteiger partial charge is 0.302 e. The van der Waals surface area contributed by atoms with E-state index in [0.29, 0.717) is 22.4 Å². The highest BCUT2D eigenvalue weighted by atomic mass is 16.6. The second-order valence-corrected chi connectivity index (χ2v) is 5.60. The summed E-state index contributed by atoms with van der Waals surface area (Å²) in [5.74, 6) is -0.720. The highest BCUT2D eigenvalue weighted by molar-refractivity contribution is 6.04. The van der Waals surface area contributed by atoms with E-state index in [-0.39, 0.29) is 23.2 Å². The first kappa shape index (κ1) is 17.1. The molecule has 0 bridgehead atoms. The van der Waals surface area contributed by atoms with Crippen molar-refractivity contribution in [2.24, 2.45) is 0 Å². The van der Waals surface area contributed by atoms with Crippen molar-refractivity contribution in [2.45, 2.75) is 13.8 Å². The fourth-order valence-electron chi connectivity index (χ4n) is 2.43. The molecule has 0 saturated heterocycles. The van der Waals surface area contributed by atoms with E-state index in [1.54, 1.807) is 25.1 Å². The minimum absolute atomic E-state index is 0.0130. The summed E-state index contributed by atoms with van der Waals surface area (Å²) in [5, 5.41) is 16.0. The summed E-state index contributed by atoms with van der Waals surface area (Å²) < 4.78 is 5.47. The molecule has 1 aromatic heterocycles. The Morgan fingerprint density at radius 2 is 1.92 bits per heavy atom. The molecule has 1 heterocycles. The van der Waals surface area contributed by atoms with Crippen molar-refractivity contribution in [3.05, 3.63) is 57.6 Å². The molecule has 0 unspecified atom stereocenters. The lowest BCUT2D eigenvalue weighted by atomic mass is 10.1. The molecular weight excluding hydrogens is 340 g/mol. The van der Waals surface area contributed by atoms with E-state index in [1.165, 1.54) is 25.1 Å². The molecule has 0 radical (unpaired) electrons. The standard InChI is InChI=1S/C17H14N4O5/c1-9-7-11(3-6-14(9)21(24)25)16(23)20-17-19-13-5-4-12(18-10(2)22)8-15(13)26-17/h3-8H,1-2H3,(H,18,22)(H,19,20,23). The Hall–Kier alpha value is -3.75. The average Bonchev–Trinajstić information content (AvgIpc) is 2.95. The fraction of sp³-hybridized carbons (Fsp3) is 0.118. The number of fused-ring (bicyclic) bond motifs is 1. The molecule has 0 aliphatic heterocycles. The molecule has 2 amide bonds. The summed E-state index contributed by atoms with van der Waals surface area (Å²) in [4.78, 5) is 37.9. The van der Waals surface area contributed by atoms with E-state index >= 15 is 0 Å². The van der Waals surface area contributed by atoms with Crippen LogP contribution in [0.2, 0.25) is 0 Å². The SMILES string of the molecule is CC(=O)Nc1ccc2nc(NC(=O)c3ccc([N+](=O)[O-])c(C)c3)oc2c1. The fourth-order valence-corrected chi connectivity index (χ4v) is 2.43. The summed E-state index contributed by atoms with van der Waals surface area (Å²) >= 11 is 0. The number of hydrogen-bond donors (Lipinski definition) is 2. The molecule has 3 aromatic rings. The molecule has 2 aromatic carbocycles. The van der Waals surface area contributed by atoms with Gasteiger partial charge < -0.3 is 9.73 Å². The number of anilines is 2. The van der Waals surface area contributed by atoms with Crippen LogP contribution >= 0.6 is 0 Å². The molecule has 0 fully saturated rings. The maximum Gasteiger partial charge on any atom is 0.302 e. The van der Waals surface area contributed by atoms with Gasteiger partial charge in [0.05, 0.1) is 4.92 Å².